The Kier molecular flexibility index (Phi) is 6.07. The number of nitrogens with one attached hydrogen (secondary N) is 2. The average molecular weight is 272 g/mol. The van der Waals surface area contributed by atoms with Crippen molar-refractivity contribution in [3.63, 3.8) is 0 Å². The van der Waals surface area contributed by atoms with Crippen molar-refractivity contribution in [2.24, 2.45) is 0 Å². The smallest absolute Gasteiger partial charge is 0.407 e. The van der Waals surface area contributed by atoms with Gasteiger partial charge in [-0.2, -0.15) is 0 Å². The normalized spacial score (nSPS) is 25.7. The molecule has 1 rings (SSSR count). The molecule has 5 heteroatoms. The van der Waals surface area contributed by atoms with Crippen LogP contribution in [0.4, 0.5) is 4.79 Å². The van der Waals surface area contributed by atoms with E-state index >= 15 is 0 Å². The molecule has 5 nitrogen and oxygen atoms in total. The van der Waals surface area contributed by atoms with E-state index < -0.39 is 5.60 Å². The van der Waals surface area contributed by atoms with Crippen LogP contribution in [0.5, 0.6) is 0 Å². The third-order valence-corrected chi connectivity index (χ3v) is 2.96. The van der Waals surface area contributed by atoms with Crippen LogP contribution in [0, 0.1) is 0 Å². The Labute approximate surface area is 116 Å². The van der Waals surface area contributed by atoms with Gasteiger partial charge in [-0.15, -0.1) is 0 Å². The number of carbonyl (C=O) groups is 1. The summed E-state index contributed by atoms with van der Waals surface area (Å²) >= 11 is 0. The zero-order valence-electron chi connectivity index (χ0n) is 12.8. The van der Waals surface area contributed by atoms with Gasteiger partial charge >= 0.3 is 6.09 Å². The quantitative estimate of drug-likeness (QED) is 0.822. The minimum absolute atomic E-state index is 0.225. The molecule has 1 saturated heterocycles. The highest BCUT2D eigenvalue weighted by Gasteiger charge is 2.21. The summed E-state index contributed by atoms with van der Waals surface area (Å²) in [5.74, 6) is 0. The number of hydrogen-bond acceptors (Lipinski definition) is 4. The third kappa shape index (κ3) is 7.38. The number of hydrogen-bond donors (Lipinski definition) is 2. The Hall–Kier alpha value is -0.810. The Balaban J connectivity index is 2.20. The van der Waals surface area contributed by atoms with Crippen LogP contribution in [0.3, 0.4) is 0 Å². The zero-order chi connectivity index (χ0) is 14.5. The molecule has 19 heavy (non-hydrogen) atoms. The molecule has 0 spiro atoms. The third-order valence-electron chi connectivity index (χ3n) is 2.96. The van der Waals surface area contributed by atoms with Crippen molar-refractivity contribution in [1.82, 2.24) is 10.6 Å². The summed E-state index contributed by atoms with van der Waals surface area (Å²) in [7, 11) is 0. The van der Waals surface area contributed by atoms with Crippen LogP contribution in [0.1, 0.15) is 47.5 Å². The maximum Gasteiger partial charge on any atom is 0.407 e. The molecule has 3 atom stereocenters. The lowest BCUT2D eigenvalue weighted by Crippen LogP contribution is -2.47. The number of carbonyl (C=O) groups excluding carboxylic acids is 1. The molecule has 1 fully saturated rings. The van der Waals surface area contributed by atoms with E-state index in [1.54, 1.807) is 0 Å². The second kappa shape index (κ2) is 7.10. The highest BCUT2D eigenvalue weighted by molar-refractivity contribution is 5.67. The summed E-state index contributed by atoms with van der Waals surface area (Å²) in [5, 5.41) is 6.30. The van der Waals surface area contributed by atoms with E-state index in [0.29, 0.717) is 18.7 Å². The van der Waals surface area contributed by atoms with Crippen molar-refractivity contribution in [2.45, 2.75) is 71.2 Å². The predicted molar refractivity (Wildman–Crippen MR) is 75.3 cm³/mol. The number of ether oxygens (including phenoxy) is 2. The molecule has 0 aliphatic carbocycles. The zero-order valence-corrected chi connectivity index (χ0v) is 12.8. The second-order valence-corrected chi connectivity index (χ2v) is 6.35. The van der Waals surface area contributed by atoms with Crippen LogP contribution in [0.15, 0.2) is 0 Å². The Morgan fingerprint density at radius 1 is 1.47 bits per heavy atom. The molecule has 112 valence electrons. The van der Waals surface area contributed by atoms with Gasteiger partial charge < -0.3 is 20.1 Å². The first-order chi connectivity index (χ1) is 8.76. The minimum Gasteiger partial charge on any atom is -0.444 e. The highest BCUT2D eigenvalue weighted by atomic mass is 16.6. The van der Waals surface area contributed by atoms with Gasteiger partial charge in [-0.3, -0.25) is 0 Å². The van der Waals surface area contributed by atoms with E-state index in [1.165, 1.54) is 0 Å². The molecule has 3 unspecified atom stereocenters. The molecular weight excluding hydrogens is 244 g/mol. The summed E-state index contributed by atoms with van der Waals surface area (Å²) in [6.07, 6.45) is 2.01. The van der Waals surface area contributed by atoms with Crippen molar-refractivity contribution in [2.75, 3.05) is 13.2 Å². The fraction of sp³-hybridized carbons (Fsp3) is 0.929. The van der Waals surface area contributed by atoms with Crippen molar-refractivity contribution in [1.29, 1.82) is 0 Å². The summed E-state index contributed by atoms with van der Waals surface area (Å²) in [6.45, 7) is 11.1. The average Bonchev–Trinajstić information content (AvgIpc) is 2.24. The van der Waals surface area contributed by atoms with Crippen LogP contribution >= 0.6 is 0 Å². The van der Waals surface area contributed by atoms with E-state index in [4.69, 9.17) is 9.47 Å². The molecule has 2 N–H and O–H groups in total. The second-order valence-electron chi connectivity index (χ2n) is 6.35. The van der Waals surface area contributed by atoms with Gasteiger partial charge in [-0.1, -0.05) is 0 Å². The van der Waals surface area contributed by atoms with E-state index in [9.17, 15) is 4.79 Å². The van der Waals surface area contributed by atoms with E-state index in [1.807, 2.05) is 20.8 Å². The Bertz CT molecular complexity index is 289. The predicted octanol–water partition coefficient (Wildman–Crippen LogP) is 2.06. The summed E-state index contributed by atoms with van der Waals surface area (Å²) in [5.41, 5.74) is -0.448. The largest absolute Gasteiger partial charge is 0.444 e. The summed E-state index contributed by atoms with van der Waals surface area (Å²) < 4.78 is 10.7. The first kappa shape index (κ1) is 16.2. The van der Waals surface area contributed by atoms with E-state index in [2.05, 4.69) is 24.5 Å². The molecular formula is C14H28N2O3. The first-order valence-electron chi connectivity index (χ1n) is 7.11. The van der Waals surface area contributed by atoms with Crippen LogP contribution in [-0.4, -0.2) is 43.0 Å². The van der Waals surface area contributed by atoms with Gasteiger partial charge in [0, 0.05) is 25.2 Å². The lowest BCUT2D eigenvalue weighted by Gasteiger charge is -2.30. The van der Waals surface area contributed by atoms with Crippen molar-refractivity contribution in [3.8, 4) is 0 Å². The van der Waals surface area contributed by atoms with E-state index in [0.717, 1.165) is 19.4 Å². The SMILES string of the molecule is CC(CNC(=O)OC(C)(C)C)NC1CCOC(C)C1. The molecule has 0 saturated carbocycles. The van der Waals surface area contributed by atoms with Gasteiger partial charge in [0.05, 0.1) is 6.10 Å². The van der Waals surface area contributed by atoms with Crippen molar-refractivity contribution < 1.29 is 14.3 Å². The molecule has 0 bridgehead atoms. The topological polar surface area (TPSA) is 59.6 Å². The van der Waals surface area contributed by atoms with Gasteiger partial charge in [0.2, 0.25) is 0 Å². The molecule has 1 amide bonds. The maximum absolute atomic E-state index is 11.5. The Morgan fingerprint density at radius 3 is 2.74 bits per heavy atom. The fourth-order valence-corrected chi connectivity index (χ4v) is 2.16. The Morgan fingerprint density at radius 2 is 2.16 bits per heavy atom. The summed E-state index contributed by atoms with van der Waals surface area (Å²) in [6, 6.07) is 0.696. The minimum atomic E-state index is -0.448. The first-order valence-corrected chi connectivity index (χ1v) is 7.11. The maximum atomic E-state index is 11.5. The fourth-order valence-electron chi connectivity index (χ4n) is 2.16. The van der Waals surface area contributed by atoms with Crippen molar-refractivity contribution >= 4 is 6.09 Å². The van der Waals surface area contributed by atoms with Crippen LogP contribution < -0.4 is 10.6 Å². The number of amides is 1. The van der Waals surface area contributed by atoms with Gasteiger partial charge in [0.25, 0.3) is 0 Å². The standard InChI is InChI=1S/C14H28N2O3/c1-10(9-15-13(17)19-14(3,4)5)16-12-6-7-18-11(2)8-12/h10-12,16H,6-9H2,1-5H3,(H,15,17). The van der Waals surface area contributed by atoms with Crippen LogP contribution in [0.25, 0.3) is 0 Å². The number of alkyl carbamates (subject to hydrolysis) is 1. The van der Waals surface area contributed by atoms with E-state index in [-0.39, 0.29) is 12.1 Å². The molecule has 0 radical (unpaired) electrons. The number of rotatable bonds is 4. The lowest BCUT2D eigenvalue weighted by molar-refractivity contribution is 0.0114. The highest BCUT2D eigenvalue weighted by Crippen LogP contribution is 2.13. The van der Waals surface area contributed by atoms with Gasteiger partial charge in [0.1, 0.15) is 5.60 Å². The molecule has 0 aromatic heterocycles. The molecule has 1 aliphatic rings. The molecule has 1 heterocycles. The van der Waals surface area contributed by atoms with Crippen molar-refractivity contribution in [3.05, 3.63) is 0 Å². The van der Waals surface area contributed by atoms with Gasteiger partial charge in [-0.25, -0.2) is 4.79 Å². The lowest BCUT2D eigenvalue weighted by atomic mass is 10.0. The van der Waals surface area contributed by atoms with Crippen LogP contribution in [-0.2, 0) is 9.47 Å². The molecule has 1 aliphatic heterocycles. The molecule has 0 aromatic rings. The monoisotopic (exact) mass is 272 g/mol. The summed E-state index contributed by atoms with van der Waals surface area (Å²) in [4.78, 5) is 11.5. The van der Waals surface area contributed by atoms with Crippen LogP contribution in [0.2, 0.25) is 0 Å². The molecule has 0 aromatic carbocycles. The van der Waals surface area contributed by atoms with Gasteiger partial charge in [-0.05, 0) is 47.5 Å². The van der Waals surface area contributed by atoms with Gasteiger partial charge in [0.15, 0.2) is 0 Å².